The molecule has 76 valence electrons. The minimum Gasteiger partial charge on any atom is -0.462 e. The first-order valence-electron chi connectivity index (χ1n) is 4.06. The van der Waals surface area contributed by atoms with E-state index in [9.17, 15) is 4.79 Å². The molecule has 0 aliphatic carbocycles. The van der Waals surface area contributed by atoms with Gasteiger partial charge in [0, 0.05) is 6.20 Å². The van der Waals surface area contributed by atoms with Crippen LogP contribution in [0.5, 0.6) is 0 Å². The zero-order valence-electron chi connectivity index (χ0n) is 7.59. The maximum atomic E-state index is 11.2. The van der Waals surface area contributed by atoms with Gasteiger partial charge in [0.2, 0.25) is 0 Å². The van der Waals surface area contributed by atoms with Gasteiger partial charge in [0.25, 0.3) is 0 Å². The van der Waals surface area contributed by atoms with Crippen LogP contribution in [-0.4, -0.2) is 17.6 Å². The van der Waals surface area contributed by atoms with Gasteiger partial charge in [-0.3, -0.25) is 4.98 Å². The highest BCUT2D eigenvalue weighted by Gasteiger charge is 2.09. The molecule has 0 spiro atoms. The van der Waals surface area contributed by atoms with Crippen molar-refractivity contribution in [2.24, 2.45) is 0 Å². The molecule has 0 bridgehead atoms. The van der Waals surface area contributed by atoms with Gasteiger partial charge in [-0.25, -0.2) is 4.79 Å². The molecule has 0 fully saturated rings. The third-order valence-corrected chi connectivity index (χ3v) is 2.14. The first-order chi connectivity index (χ1) is 6.69. The van der Waals surface area contributed by atoms with E-state index in [-0.39, 0.29) is 5.88 Å². The van der Waals surface area contributed by atoms with Crippen LogP contribution < -0.4 is 0 Å². The van der Waals surface area contributed by atoms with Crippen LogP contribution in [0.3, 0.4) is 0 Å². The van der Waals surface area contributed by atoms with Crippen molar-refractivity contribution in [1.82, 2.24) is 4.98 Å². The number of carbonyl (C=O) groups is 1. The van der Waals surface area contributed by atoms with Gasteiger partial charge in [-0.2, -0.15) is 0 Å². The van der Waals surface area contributed by atoms with Crippen LogP contribution in [0, 0.1) is 0 Å². The van der Waals surface area contributed by atoms with Crippen molar-refractivity contribution in [3.05, 3.63) is 28.5 Å². The maximum absolute atomic E-state index is 11.2. The van der Waals surface area contributed by atoms with Crippen LogP contribution in [0.4, 0.5) is 0 Å². The van der Waals surface area contributed by atoms with Crippen molar-refractivity contribution in [3.8, 4) is 0 Å². The summed E-state index contributed by atoms with van der Waals surface area (Å²) in [4.78, 5) is 15.2. The number of carbonyl (C=O) groups excluding carboxylic acids is 1. The van der Waals surface area contributed by atoms with Crippen LogP contribution in [0.25, 0.3) is 0 Å². The lowest BCUT2D eigenvalue weighted by Crippen LogP contribution is -2.05. The molecule has 0 aliphatic rings. The summed E-state index contributed by atoms with van der Waals surface area (Å²) in [5.41, 5.74) is 0.895. The fourth-order valence-corrected chi connectivity index (χ4v) is 1.41. The summed E-state index contributed by atoms with van der Waals surface area (Å²) in [7, 11) is 0. The smallest absolute Gasteiger partial charge is 0.339 e. The molecule has 0 N–H and O–H groups in total. The van der Waals surface area contributed by atoms with Crippen LogP contribution in [-0.2, 0) is 10.6 Å². The highest BCUT2D eigenvalue weighted by Crippen LogP contribution is 2.17. The molecule has 0 atom stereocenters. The summed E-state index contributed by atoms with van der Waals surface area (Å²) in [5.74, 6) is -0.204. The normalized spacial score (nSPS) is 9.93. The van der Waals surface area contributed by atoms with E-state index in [1.807, 2.05) is 0 Å². The average Bonchev–Trinajstić information content (AvgIpc) is 2.18. The number of hydrogen-bond donors (Lipinski definition) is 0. The Morgan fingerprint density at radius 2 is 2.36 bits per heavy atom. The average molecular weight is 234 g/mol. The van der Waals surface area contributed by atoms with E-state index in [1.165, 1.54) is 12.3 Å². The second-order valence-corrected chi connectivity index (χ2v) is 3.18. The Labute approximate surface area is 92.0 Å². The molecule has 0 aliphatic heterocycles. The van der Waals surface area contributed by atoms with Crippen molar-refractivity contribution in [2.45, 2.75) is 12.8 Å². The van der Waals surface area contributed by atoms with Crippen LogP contribution >= 0.6 is 23.2 Å². The Kier molecular flexibility index (Phi) is 4.17. The predicted molar refractivity (Wildman–Crippen MR) is 54.8 cm³/mol. The summed E-state index contributed by atoms with van der Waals surface area (Å²) >= 11 is 11.4. The lowest BCUT2D eigenvalue weighted by molar-refractivity contribution is 0.0526. The number of rotatable bonds is 3. The van der Waals surface area contributed by atoms with Crippen LogP contribution in [0.15, 0.2) is 12.3 Å². The van der Waals surface area contributed by atoms with Gasteiger partial charge in [0.05, 0.1) is 28.8 Å². The minimum absolute atomic E-state index is 0.224. The zero-order valence-corrected chi connectivity index (χ0v) is 9.10. The Morgan fingerprint density at radius 3 is 2.86 bits per heavy atom. The fraction of sp³-hybridized carbons (Fsp3) is 0.333. The molecule has 5 heteroatoms. The van der Waals surface area contributed by atoms with Gasteiger partial charge in [-0.15, -0.1) is 11.6 Å². The number of pyridine rings is 1. The van der Waals surface area contributed by atoms with Crippen LogP contribution in [0.2, 0.25) is 5.02 Å². The number of alkyl halides is 1. The minimum atomic E-state index is -0.428. The standard InChI is InChI=1S/C9H9Cl2NO2/c1-2-14-9(13)6-3-7(11)8(4-10)12-5-6/h3,5H,2,4H2,1H3. The third-order valence-electron chi connectivity index (χ3n) is 1.56. The summed E-state index contributed by atoms with van der Waals surface area (Å²) in [6.45, 7) is 2.06. The second-order valence-electron chi connectivity index (χ2n) is 2.51. The highest BCUT2D eigenvalue weighted by molar-refractivity contribution is 6.32. The molecule has 0 saturated carbocycles. The molecule has 1 aromatic rings. The van der Waals surface area contributed by atoms with E-state index in [0.717, 1.165) is 0 Å². The topological polar surface area (TPSA) is 39.2 Å². The van der Waals surface area contributed by atoms with E-state index < -0.39 is 5.97 Å². The molecule has 14 heavy (non-hydrogen) atoms. The summed E-state index contributed by atoms with van der Waals surface area (Å²) < 4.78 is 4.79. The quantitative estimate of drug-likeness (QED) is 0.596. The van der Waals surface area contributed by atoms with E-state index in [0.29, 0.717) is 22.9 Å². The Bertz CT molecular complexity index is 342. The number of hydrogen-bond acceptors (Lipinski definition) is 3. The molecule has 1 heterocycles. The number of esters is 1. The lowest BCUT2D eigenvalue weighted by atomic mass is 10.2. The van der Waals surface area contributed by atoms with Crippen molar-refractivity contribution < 1.29 is 9.53 Å². The van der Waals surface area contributed by atoms with Crippen LogP contribution in [0.1, 0.15) is 23.0 Å². The van der Waals surface area contributed by atoms with E-state index in [2.05, 4.69) is 4.98 Å². The monoisotopic (exact) mass is 233 g/mol. The number of ether oxygens (including phenoxy) is 1. The van der Waals surface area contributed by atoms with E-state index >= 15 is 0 Å². The molecule has 0 unspecified atom stereocenters. The van der Waals surface area contributed by atoms with Crippen molar-refractivity contribution in [2.75, 3.05) is 6.61 Å². The SMILES string of the molecule is CCOC(=O)c1cnc(CCl)c(Cl)c1. The largest absolute Gasteiger partial charge is 0.462 e. The van der Waals surface area contributed by atoms with Gasteiger partial charge in [0.15, 0.2) is 0 Å². The zero-order chi connectivity index (χ0) is 10.6. The lowest BCUT2D eigenvalue weighted by Gasteiger charge is -2.03. The molecule has 1 rings (SSSR count). The van der Waals surface area contributed by atoms with Gasteiger partial charge in [-0.05, 0) is 13.0 Å². The maximum Gasteiger partial charge on any atom is 0.339 e. The second kappa shape index (κ2) is 5.17. The first kappa shape index (κ1) is 11.3. The van der Waals surface area contributed by atoms with Crippen molar-refractivity contribution >= 4 is 29.2 Å². The van der Waals surface area contributed by atoms with E-state index in [4.69, 9.17) is 27.9 Å². The molecule has 1 aromatic heterocycles. The molecule has 0 saturated heterocycles. The molecular formula is C9H9Cl2NO2. The molecule has 0 amide bonds. The Hall–Kier alpha value is -0.800. The highest BCUT2D eigenvalue weighted by atomic mass is 35.5. The van der Waals surface area contributed by atoms with Crippen molar-refractivity contribution in [1.29, 1.82) is 0 Å². The van der Waals surface area contributed by atoms with Crippen molar-refractivity contribution in [3.63, 3.8) is 0 Å². The Balaban J connectivity index is 2.91. The predicted octanol–water partition coefficient (Wildman–Crippen LogP) is 2.65. The summed E-state index contributed by atoms with van der Waals surface area (Å²) in [6, 6.07) is 1.50. The molecule has 0 radical (unpaired) electrons. The van der Waals surface area contributed by atoms with E-state index in [1.54, 1.807) is 6.92 Å². The molecule has 3 nitrogen and oxygen atoms in total. The first-order valence-corrected chi connectivity index (χ1v) is 4.97. The molecule has 0 aromatic carbocycles. The van der Waals surface area contributed by atoms with Gasteiger partial charge >= 0.3 is 5.97 Å². The van der Waals surface area contributed by atoms with Gasteiger partial charge in [-0.1, -0.05) is 11.6 Å². The third kappa shape index (κ3) is 2.59. The Morgan fingerprint density at radius 1 is 1.64 bits per heavy atom. The summed E-state index contributed by atoms with van der Waals surface area (Å²) in [5, 5.41) is 0.380. The summed E-state index contributed by atoms with van der Waals surface area (Å²) in [6.07, 6.45) is 1.40. The molecular weight excluding hydrogens is 225 g/mol. The number of nitrogens with zero attached hydrogens (tertiary/aromatic N) is 1. The fourth-order valence-electron chi connectivity index (χ4n) is 0.891. The van der Waals surface area contributed by atoms with Gasteiger partial charge < -0.3 is 4.74 Å². The van der Waals surface area contributed by atoms with Gasteiger partial charge in [0.1, 0.15) is 0 Å². The number of aromatic nitrogens is 1. The number of halogens is 2.